The van der Waals surface area contributed by atoms with E-state index in [9.17, 15) is 13.2 Å². The summed E-state index contributed by atoms with van der Waals surface area (Å²) in [6, 6.07) is 0. The third kappa shape index (κ3) is 3.92. The summed E-state index contributed by atoms with van der Waals surface area (Å²) in [6.45, 7) is 1.68. The lowest BCUT2D eigenvalue weighted by Gasteiger charge is -2.20. The molecule has 1 aliphatic rings. The average molecular weight is 241 g/mol. The predicted molar refractivity (Wildman–Crippen MR) is 53.3 cm³/mol. The van der Waals surface area contributed by atoms with Gasteiger partial charge in [-0.1, -0.05) is 0 Å². The molecule has 0 saturated heterocycles. The third-order valence-corrected chi connectivity index (χ3v) is 2.64. The van der Waals surface area contributed by atoms with E-state index in [1.165, 1.54) is 0 Å². The summed E-state index contributed by atoms with van der Waals surface area (Å²) in [4.78, 5) is 0. The van der Waals surface area contributed by atoms with Crippen molar-refractivity contribution in [2.45, 2.75) is 31.0 Å². The minimum absolute atomic E-state index is 0.181. The lowest BCUT2D eigenvalue weighted by atomic mass is 10.2. The monoisotopic (exact) mass is 241 g/mol. The summed E-state index contributed by atoms with van der Waals surface area (Å²) in [5.74, 6) is 0. The maximum Gasteiger partial charge on any atom is 0.406 e. The van der Waals surface area contributed by atoms with Gasteiger partial charge in [-0.15, -0.1) is 0 Å². The standard InChI is InChI=1S/C10H18F3NO2/c1-15-6-2-7-16-8-5-14-9(3-4-9)10(11,12)13/h14H,2-8H2,1H3. The second-order valence-corrected chi connectivity index (χ2v) is 3.97. The fourth-order valence-corrected chi connectivity index (χ4v) is 1.46. The van der Waals surface area contributed by atoms with Crippen LogP contribution in [0.25, 0.3) is 0 Å². The maximum atomic E-state index is 12.5. The summed E-state index contributed by atoms with van der Waals surface area (Å²) in [7, 11) is 1.60. The van der Waals surface area contributed by atoms with Gasteiger partial charge in [-0.3, -0.25) is 0 Å². The molecule has 1 aliphatic carbocycles. The molecule has 1 saturated carbocycles. The van der Waals surface area contributed by atoms with Gasteiger partial charge in [-0.05, 0) is 19.3 Å². The first-order valence-electron chi connectivity index (χ1n) is 5.40. The minimum atomic E-state index is -4.14. The second-order valence-electron chi connectivity index (χ2n) is 3.97. The highest BCUT2D eigenvalue weighted by atomic mass is 19.4. The van der Waals surface area contributed by atoms with Gasteiger partial charge in [0.1, 0.15) is 5.54 Å². The number of hydrogen-bond acceptors (Lipinski definition) is 3. The number of methoxy groups -OCH3 is 1. The van der Waals surface area contributed by atoms with Crippen molar-refractivity contribution in [2.75, 3.05) is 33.5 Å². The number of hydrogen-bond donors (Lipinski definition) is 1. The fourth-order valence-electron chi connectivity index (χ4n) is 1.46. The summed E-state index contributed by atoms with van der Waals surface area (Å²) in [5.41, 5.74) is -1.62. The molecule has 0 atom stereocenters. The van der Waals surface area contributed by atoms with Gasteiger partial charge >= 0.3 is 6.18 Å². The normalized spacial score (nSPS) is 18.8. The topological polar surface area (TPSA) is 30.5 Å². The SMILES string of the molecule is COCCCOCCNC1(C(F)(F)F)CC1. The smallest absolute Gasteiger partial charge is 0.385 e. The van der Waals surface area contributed by atoms with E-state index in [1.54, 1.807) is 7.11 Å². The van der Waals surface area contributed by atoms with Crippen molar-refractivity contribution in [3.05, 3.63) is 0 Å². The Morgan fingerprint density at radius 3 is 2.38 bits per heavy atom. The van der Waals surface area contributed by atoms with Gasteiger partial charge in [0.15, 0.2) is 0 Å². The highest BCUT2D eigenvalue weighted by Crippen LogP contribution is 2.48. The molecule has 0 unspecified atom stereocenters. The van der Waals surface area contributed by atoms with Crippen molar-refractivity contribution >= 4 is 0 Å². The van der Waals surface area contributed by atoms with Gasteiger partial charge in [0, 0.05) is 26.9 Å². The van der Waals surface area contributed by atoms with E-state index in [0.29, 0.717) is 19.8 Å². The zero-order valence-corrected chi connectivity index (χ0v) is 9.40. The van der Waals surface area contributed by atoms with E-state index < -0.39 is 11.7 Å². The molecular formula is C10H18F3NO2. The molecule has 0 spiro atoms. The first kappa shape index (κ1) is 13.7. The maximum absolute atomic E-state index is 12.5. The van der Waals surface area contributed by atoms with Crippen LogP contribution in [0.2, 0.25) is 0 Å². The molecule has 3 nitrogen and oxygen atoms in total. The van der Waals surface area contributed by atoms with Crippen LogP contribution in [0.5, 0.6) is 0 Å². The highest BCUT2D eigenvalue weighted by Gasteiger charge is 2.62. The van der Waals surface area contributed by atoms with Crippen LogP contribution in [-0.2, 0) is 9.47 Å². The molecule has 1 N–H and O–H groups in total. The molecule has 1 rings (SSSR count). The zero-order chi connectivity index (χ0) is 12.1. The van der Waals surface area contributed by atoms with Crippen molar-refractivity contribution in [3.8, 4) is 0 Å². The third-order valence-electron chi connectivity index (χ3n) is 2.64. The van der Waals surface area contributed by atoms with Gasteiger partial charge in [0.25, 0.3) is 0 Å². The Hall–Kier alpha value is -0.330. The fraction of sp³-hybridized carbons (Fsp3) is 1.00. The number of ether oxygens (including phenoxy) is 2. The van der Waals surface area contributed by atoms with Gasteiger partial charge in [-0.2, -0.15) is 13.2 Å². The van der Waals surface area contributed by atoms with Gasteiger partial charge in [0.2, 0.25) is 0 Å². The molecule has 0 amide bonds. The van der Waals surface area contributed by atoms with Crippen molar-refractivity contribution in [1.29, 1.82) is 0 Å². The Labute approximate surface area is 93.3 Å². The van der Waals surface area contributed by atoms with Gasteiger partial charge < -0.3 is 14.8 Å². The highest BCUT2D eigenvalue weighted by molar-refractivity contribution is 5.07. The quantitative estimate of drug-likeness (QED) is 0.656. The molecule has 0 aromatic heterocycles. The van der Waals surface area contributed by atoms with Gasteiger partial charge in [0.05, 0.1) is 6.61 Å². The average Bonchev–Trinajstić information content (AvgIpc) is 2.96. The van der Waals surface area contributed by atoms with E-state index in [-0.39, 0.29) is 19.4 Å². The van der Waals surface area contributed by atoms with Gasteiger partial charge in [-0.25, -0.2) is 0 Å². The van der Waals surface area contributed by atoms with Crippen molar-refractivity contribution in [3.63, 3.8) is 0 Å². The molecule has 0 heterocycles. The van der Waals surface area contributed by atoms with Crippen molar-refractivity contribution in [2.24, 2.45) is 0 Å². The van der Waals surface area contributed by atoms with Crippen LogP contribution in [0.4, 0.5) is 13.2 Å². The molecule has 0 bridgehead atoms. The Morgan fingerprint density at radius 2 is 1.88 bits per heavy atom. The lowest BCUT2D eigenvalue weighted by Crippen LogP contribution is -2.46. The molecule has 0 radical (unpaired) electrons. The van der Waals surface area contributed by atoms with Crippen LogP contribution in [0, 0.1) is 0 Å². The molecule has 0 aromatic carbocycles. The molecule has 1 fully saturated rings. The van der Waals surface area contributed by atoms with Crippen LogP contribution in [0.15, 0.2) is 0 Å². The lowest BCUT2D eigenvalue weighted by molar-refractivity contribution is -0.166. The first-order chi connectivity index (χ1) is 7.52. The first-order valence-corrected chi connectivity index (χ1v) is 5.40. The van der Waals surface area contributed by atoms with E-state index in [2.05, 4.69) is 5.32 Å². The van der Waals surface area contributed by atoms with Crippen LogP contribution in [0.3, 0.4) is 0 Å². The summed E-state index contributed by atoms with van der Waals surface area (Å²) in [6.07, 6.45) is -3.01. The summed E-state index contributed by atoms with van der Waals surface area (Å²) < 4.78 is 47.3. The van der Waals surface area contributed by atoms with Crippen molar-refractivity contribution < 1.29 is 22.6 Å². The van der Waals surface area contributed by atoms with Crippen molar-refractivity contribution in [1.82, 2.24) is 5.32 Å². The Bertz CT molecular complexity index is 205. The minimum Gasteiger partial charge on any atom is -0.385 e. The van der Waals surface area contributed by atoms with Crippen LogP contribution >= 0.6 is 0 Å². The van der Waals surface area contributed by atoms with E-state index >= 15 is 0 Å². The van der Waals surface area contributed by atoms with E-state index in [0.717, 1.165) is 6.42 Å². The Kier molecular flexibility index (Phi) is 5.01. The Morgan fingerprint density at radius 1 is 1.19 bits per heavy atom. The Balaban J connectivity index is 2.00. The molecule has 16 heavy (non-hydrogen) atoms. The van der Waals surface area contributed by atoms with Crippen LogP contribution in [0.1, 0.15) is 19.3 Å². The number of rotatable bonds is 8. The largest absolute Gasteiger partial charge is 0.406 e. The molecular weight excluding hydrogens is 223 g/mol. The molecule has 0 aliphatic heterocycles. The van der Waals surface area contributed by atoms with E-state index in [4.69, 9.17) is 9.47 Å². The predicted octanol–water partition coefficient (Wildman–Crippen LogP) is 1.72. The molecule has 96 valence electrons. The molecule has 6 heteroatoms. The second kappa shape index (κ2) is 5.84. The summed E-state index contributed by atoms with van der Waals surface area (Å²) in [5, 5.41) is 2.52. The number of alkyl halides is 3. The van der Waals surface area contributed by atoms with Crippen LogP contribution in [-0.4, -0.2) is 45.2 Å². The zero-order valence-electron chi connectivity index (χ0n) is 9.40. The summed E-state index contributed by atoms with van der Waals surface area (Å²) >= 11 is 0. The van der Waals surface area contributed by atoms with Crippen LogP contribution < -0.4 is 5.32 Å². The number of nitrogens with one attached hydrogen (secondary N) is 1. The number of halogens is 3. The van der Waals surface area contributed by atoms with E-state index in [1.807, 2.05) is 0 Å². The molecule has 0 aromatic rings.